The van der Waals surface area contributed by atoms with Crippen LogP contribution >= 0.6 is 0 Å². The Morgan fingerprint density at radius 3 is 2.43 bits per heavy atom. The molecular weight excluding hydrogens is 397 g/mol. The molecule has 2 heterocycles. The Bertz CT molecular complexity index is 1010. The first-order valence-electron chi connectivity index (χ1n) is 7.34. The van der Waals surface area contributed by atoms with Gasteiger partial charge in [-0.05, 0) is 12.1 Å². The van der Waals surface area contributed by atoms with Gasteiger partial charge in [0.2, 0.25) is 0 Å². The molecule has 4 nitrogen and oxygen atoms in total. The molecule has 0 saturated carbocycles. The number of carbonyl (C=O) groups is 1. The summed E-state index contributed by atoms with van der Waals surface area (Å²) in [5, 5.41) is 0. The van der Waals surface area contributed by atoms with Gasteiger partial charge in [0.25, 0.3) is 0 Å². The van der Waals surface area contributed by atoms with Crippen LogP contribution in [0.15, 0.2) is 24.4 Å². The minimum atomic E-state index is -4.88. The lowest BCUT2D eigenvalue weighted by atomic mass is 10.1. The molecule has 0 radical (unpaired) electrons. The van der Waals surface area contributed by atoms with Gasteiger partial charge in [-0.2, -0.15) is 22.0 Å². The van der Waals surface area contributed by atoms with Crippen LogP contribution in [0.4, 0.5) is 36.4 Å². The van der Waals surface area contributed by atoms with Gasteiger partial charge in [-0.1, -0.05) is 5.92 Å². The molecular formula is C17H7F7N2O2. The van der Waals surface area contributed by atoms with Crippen molar-refractivity contribution in [2.24, 2.45) is 0 Å². The largest absolute Gasteiger partial charge is 0.483 e. The highest BCUT2D eigenvalue weighted by molar-refractivity contribution is 6.01. The number of nitrogens with zero attached hydrogens (tertiary/aromatic N) is 2. The van der Waals surface area contributed by atoms with Crippen molar-refractivity contribution < 1.29 is 40.3 Å². The molecule has 0 N–H and O–H groups in total. The fourth-order valence-electron chi connectivity index (χ4n) is 2.51. The van der Waals surface area contributed by atoms with Crippen LogP contribution in [-0.4, -0.2) is 23.5 Å². The average Bonchev–Trinajstić information content (AvgIpc) is 2.58. The summed E-state index contributed by atoms with van der Waals surface area (Å²) in [6.07, 6.45) is -3.86. The highest BCUT2D eigenvalue weighted by Crippen LogP contribution is 2.43. The molecule has 3 rings (SSSR count). The number of pyridine rings is 1. The van der Waals surface area contributed by atoms with E-state index < -0.39 is 64.6 Å². The zero-order chi connectivity index (χ0) is 20.9. The predicted molar refractivity (Wildman–Crippen MR) is 81.4 cm³/mol. The molecule has 0 bridgehead atoms. The van der Waals surface area contributed by atoms with E-state index in [4.69, 9.17) is 6.42 Å². The molecule has 0 aliphatic carbocycles. The number of anilines is 1. The van der Waals surface area contributed by atoms with Crippen LogP contribution in [0.5, 0.6) is 5.75 Å². The quantitative estimate of drug-likeness (QED) is 0.562. The van der Waals surface area contributed by atoms with Gasteiger partial charge in [0.1, 0.15) is 17.3 Å². The summed E-state index contributed by atoms with van der Waals surface area (Å²) in [6, 6.07) is 1.29. The lowest BCUT2D eigenvalue weighted by Crippen LogP contribution is -2.51. The Balaban J connectivity index is 2.16. The summed E-state index contributed by atoms with van der Waals surface area (Å²) >= 11 is 0. The van der Waals surface area contributed by atoms with Crippen molar-refractivity contribution in [2.45, 2.75) is 12.3 Å². The van der Waals surface area contributed by atoms with E-state index in [1.54, 1.807) is 0 Å². The summed E-state index contributed by atoms with van der Waals surface area (Å²) in [7, 11) is 0. The first-order chi connectivity index (χ1) is 13.0. The van der Waals surface area contributed by atoms with E-state index in [-0.39, 0.29) is 12.3 Å². The molecule has 0 unspecified atom stereocenters. The van der Waals surface area contributed by atoms with Crippen molar-refractivity contribution >= 4 is 11.6 Å². The number of halogens is 7. The first kappa shape index (κ1) is 19.5. The molecule has 1 amide bonds. The zero-order valence-corrected chi connectivity index (χ0v) is 13.5. The van der Waals surface area contributed by atoms with Crippen molar-refractivity contribution in [1.29, 1.82) is 0 Å². The van der Waals surface area contributed by atoms with Crippen LogP contribution in [0.3, 0.4) is 0 Å². The molecule has 146 valence electrons. The molecule has 1 aromatic carbocycles. The third-order valence-corrected chi connectivity index (χ3v) is 3.74. The van der Waals surface area contributed by atoms with Gasteiger partial charge < -0.3 is 4.74 Å². The topological polar surface area (TPSA) is 42.4 Å². The van der Waals surface area contributed by atoms with Crippen molar-refractivity contribution in [3.8, 4) is 29.4 Å². The van der Waals surface area contributed by atoms with Gasteiger partial charge in [-0.25, -0.2) is 8.78 Å². The van der Waals surface area contributed by atoms with Crippen molar-refractivity contribution in [2.75, 3.05) is 11.4 Å². The third kappa shape index (κ3) is 3.21. The van der Waals surface area contributed by atoms with E-state index in [1.807, 2.05) is 5.92 Å². The number of ether oxygens (including phenoxy) is 1. The lowest BCUT2D eigenvalue weighted by molar-refractivity contribution is -0.192. The molecule has 0 spiro atoms. The average molecular weight is 404 g/mol. The van der Waals surface area contributed by atoms with Crippen molar-refractivity contribution in [3.63, 3.8) is 0 Å². The predicted octanol–water partition coefficient (Wildman–Crippen LogP) is 4.00. The van der Waals surface area contributed by atoms with E-state index in [0.717, 1.165) is 6.07 Å². The van der Waals surface area contributed by atoms with Crippen LogP contribution in [0.25, 0.3) is 11.3 Å². The number of terminal acetylenes is 1. The fraction of sp³-hybridized carbons (Fsp3) is 0.176. The normalized spacial score (nSPS) is 15.6. The van der Waals surface area contributed by atoms with Gasteiger partial charge in [0, 0.05) is 17.8 Å². The Morgan fingerprint density at radius 2 is 1.86 bits per heavy atom. The number of alkyl halides is 5. The van der Waals surface area contributed by atoms with Crippen molar-refractivity contribution in [1.82, 2.24) is 4.98 Å². The van der Waals surface area contributed by atoms with Crippen LogP contribution in [0.1, 0.15) is 5.56 Å². The van der Waals surface area contributed by atoms with E-state index in [9.17, 15) is 35.5 Å². The molecule has 0 saturated heterocycles. The number of hydrogen-bond donors (Lipinski definition) is 0. The minimum absolute atomic E-state index is 0.107. The standard InChI is InChI=1S/C17H7F7N2O2/c1-2-3-26-12-5-9(10(18)6-13(12)28-17(23,24)15(26)27)14-11(19)4-8(7-25-14)16(20,21)22/h1,4-7H,3H2. The van der Waals surface area contributed by atoms with E-state index >= 15 is 0 Å². The summed E-state index contributed by atoms with van der Waals surface area (Å²) in [5.74, 6) is -3.45. The maximum atomic E-state index is 14.3. The number of carbonyl (C=O) groups excluding carboxylic acids is 1. The Hall–Kier alpha value is -3.29. The summed E-state index contributed by atoms with van der Waals surface area (Å²) in [6.45, 7) is -0.640. The van der Waals surface area contributed by atoms with Gasteiger partial charge in [-0.15, -0.1) is 6.42 Å². The summed E-state index contributed by atoms with van der Waals surface area (Å²) < 4.78 is 97.8. The highest BCUT2D eigenvalue weighted by atomic mass is 19.4. The highest BCUT2D eigenvalue weighted by Gasteiger charge is 2.50. The third-order valence-electron chi connectivity index (χ3n) is 3.74. The monoisotopic (exact) mass is 404 g/mol. The van der Waals surface area contributed by atoms with Crippen LogP contribution in [-0.2, 0) is 11.0 Å². The van der Waals surface area contributed by atoms with Crippen molar-refractivity contribution in [3.05, 3.63) is 41.6 Å². The maximum absolute atomic E-state index is 14.3. The van der Waals surface area contributed by atoms with Gasteiger partial charge in [-0.3, -0.25) is 14.7 Å². The lowest BCUT2D eigenvalue weighted by Gasteiger charge is -2.32. The number of hydrogen-bond acceptors (Lipinski definition) is 3. The summed E-state index contributed by atoms with van der Waals surface area (Å²) in [5.41, 5.74) is -3.31. The SMILES string of the molecule is C#CCN1C(=O)C(F)(F)Oc2cc(F)c(-c3ncc(C(F)(F)F)cc3F)cc21. The smallest absolute Gasteiger partial charge is 0.423 e. The molecule has 0 atom stereocenters. The maximum Gasteiger partial charge on any atom is 0.483 e. The number of fused-ring (bicyclic) bond motifs is 1. The van der Waals surface area contributed by atoms with Gasteiger partial charge in [0.05, 0.1) is 17.8 Å². The minimum Gasteiger partial charge on any atom is -0.423 e. The van der Waals surface area contributed by atoms with Crippen LogP contribution in [0.2, 0.25) is 0 Å². The van der Waals surface area contributed by atoms with E-state index in [1.165, 1.54) is 0 Å². The Morgan fingerprint density at radius 1 is 1.18 bits per heavy atom. The second kappa shape index (κ2) is 6.40. The second-order valence-electron chi connectivity index (χ2n) is 5.57. The van der Waals surface area contributed by atoms with E-state index in [0.29, 0.717) is 11.0 Å². The first-order valence-corrected chi connectivity index (χ1v) is 7.34. The molecule has 2 aromatic rings. The Labute approximate surface area is 152 Å². The molecule has 1 aliphatic rings. The van der Waals surface area contributed by atoms with Gasteiger partial charge in [0.15, 0.2) is 5.75 Å². The van der Waals surface area contributed by atoms with E-state index in [2.05, 4.69) is 9.72 Å². The summed E-state index contributed by atoms with van der Waals surface area (Å²) in [4.78, 5) is 15.5. The zero-order valence-electron chi connectivity index (χ0n) is 13.5. The number of aromatic nitrogens is 1. The fourth-order valence-corrected chi connectivity index (χ4v) is 2.51. The van der Waals surface area contributed by atoms with Crippen LogP contribution in [0, 0.1) is 24.0 Å². The molecule has 28 heavy (non-hydrogen) atoms. The van der Waals surface area contributed by atoms with Crippen LogP contribution < -0.4 is 9.64 Å². The number of amides is 1. The molecule has 0 fully saturated rings. The van der Waals surface area contributed by atoms with Gasteiger partial charge >= 0.3 is 18.2 Å². The molecule has 11 heteroatoms. The second-order valence-corrected chi connectivity index (χ2v) is 5.57. The number of benzene rings is 1. The Kier molecular flexibility index (Phi) is 4.45. The molecule has 1 aromatic heterocycles. The molecule has 1 aliphatic heterocycles. The number of rotatable bonds is 2.